The van der Waals surface area contributed by atoms with Gasteiger partial charge < -0.3 is 9.84 Å². The Bertz CT molecular complexity index is 984. The van der Waals surface area contributed by atoms with Crippen LogP contribution in [-0.4, -0.2) is 47.9 Å². The fourth-order valence-electron chi connectivity index (χ4n) is 3.44. The number of carbonyl (C=O) groups excluding carboxylic acids is 2. The fourth-order valence-corrected chi connectivity index (χ4v) is 3.44. The molecule has 2 amide bonds. The van der Waals surface area contributed by atoms with Gasteiger partial charge in [0.1, 0.15) is 17.7 Å². The number of anilines is 2. The van der Waals surface area contributed by atoms with Crippen LogP contribution in [0.25, 0.3) is 11.1 Å². The maximum absolute atomic E-state index is 14.7. The molecule has 2 aliphatic heterocycles. The highest BCUT2D eigenvalue weighted by Gasteiger charge is 2.35. The Morgan fingerprint density at radius 3 is 2.55 bits per heavy atom. The van der Waals surface area contributed by atoms with Crippen molar-refractivity contribution in [2.24, 2.45) is 0 Å². The van der Waals surface area contributed by atoms with Gasteiger partial charge in [0, 0.05) is 30.8 Å². The number of rotatable bonds is 4. The van der Waals surface area contributed by atoms with Crippen LogP contribution >= 0.6 is 0 Å². The third-order valence-corrected chi connectivity index (χ3v) is 4.89. The van der Waals surface area contributed by atoms with Crippen LogP contribution in [0.15, 0.2) is 24.4 Å². The molecule has 0 aliphatic carbocycles. The number of hydrogen-bond acceptors (Lipinski definition) is 5. The molecule has 0 radical (unpaired) electrons. The summed E-state index contributed by atoms with van der Waals surface area (Å²) >= 11 is 0. The largest absolute Gasteiger partial charge is 0.441 e. The number of carbonyl (C=O) groups is 2. The van der Waals surface area contributed by atoms with Gasteiger partial charge in [0.15, 0.2) is 11.6 Å². The lowest BCUT2D eigenvalue weighted by atomic mass is 10.0. The first-order chi connectivity index (χ1) is 13.9. The standard InChI is InChI=1S/C19H16F3N3O4/c20-12-6-13(25-8-11(9-26)29-19(25)28)17(21)18(22)16(12)10-3-4-14(23-7-10)24-5-1-2-15(24)27/h3-4,6-7,11,26H,1-2,5,8-9H2. The van der Waals surface area contributed by atoms with Crippen molar-refractivity contribution in [3.05, 3.63) is 41.8 Å². The summed E-state index contributed by atoms with van der Waals surface area (Å²) in [6.07, 6.45) is 0.366. The summed E-state index contributed by atoms with van der Waals surface area (Å²) in [6.45, 7) is -0.215. The van der Waals surface area contributed by atoms with E-state index in [0.29, 0.717) is 31.3 Å². The molecule has 0 saturated carbocycles. The third kappa shape index (κ3) is 3.29. The maximum Gasteiger partial charge on any atom is 0.414 e. The average molecular weight is 407 g/mol. The Morgan fingerprint density at radius 2 is 1.97 bits per heavy atom. The number of cyclic esters (lactones) is 1. The molecule has 1 aromatic carbocycles. The number of halogens is 3. The highest BCUT2D eigenvalue weighted by molar-refractivity contribution is 5.94. The van der Waals surface area contributed by atoms with E-state index in [1.54, 1.807) is 0 Å². The lowest BCUT2D eigenvalue weighted by Gasteiger charge is -2.17. The first kappa shape index (κ1) is 19.2. The molecule has 2 aliphatic rings. The Hall–Kier alpha value is -3.14. The molecule has 1 aromatic heterocycles. The highest BCUT2D eigenvalue weighted by Crippen LogP contribution is 2.35. The van der Waals surface area contributed by atoms with Gasteiger partial charge in [0.25, 0.3) is 0 Å². The van der Waals surface area contributed by atoms with Crippen LogP contribution in [0.2, 0.25) is 0 Å². The summed E-state index contributed by atoms with van der Waals surface area (Å²) in [6, 6.07) is 3.49. The Balaban J connectivity index is 1.68. The minimum Gasteiger partial charge on any atom is -0.441 e. The van der Waals surface area contributed by atoms with Crippen molar-refractivity contribution >= 4 is 23.5 Å². The molecule has 7 nitrogen and oxygen atoms in total. The fraction of sp³-hybridized carbons (Fsp3) is 0.316. The topological polar surface area (TPSA) is 83.0 Å². The summed E-state index contributed by atoms with van der Waals surface area (Å²) < 4.78 is 48.8. The molecule has 29 heavy (non-hydrogen) atoms. The molecule has 152 valence electrons. The van der Waals surface area contributed by atoms with Crippen LogP contribution in [0.4, 0.5) is 29.5 Å². The number of aliphatic hydroxyl groups is 1. The van der Waals surface area contributed by atoms with E-state index in [0.717, 1.165) is 11.1 Å². The van der Waals surface area contributed by atoms with Crippen molar-refractivity contribution in [3.63, 3.8) is 0 Å². The number of hydrogen-bond donors (Lipinski definition) is 1. The van der Waals surface area contributed by atoms with Gasteiger partial charge in [-0.1, -0.05) is 0 Å². The van der Waals surface area contributed by atoms with Crippen LogP contribution < -0.4 is 9.80 Å². The molecule has 3 heterocycles. The maximum atomic E-state index is 14.7. The Morgan fingerprint density at radius 1 is 1.17 bits per heavy atom. The van der Waals surface area contributed by atoms with Crippen LogP contribution in [0.3, 0.4) is 0 Å². The summed E-state index contributed by atoms with van der Waals surface area (Å²) in [5.41, 5.74) is -1.26. The van der Waals surface area contributed by atoms with Crippen molar-refractivity contribution < 1.29 is 32.6 Å². The number of aliphatic hydroxyl groups excluding tert-OH is 1. The van der Waals surface area contributed by atoms with Crippen LogP contribution in [0.1, 0.15) is 12.8 Å². The SMILES string of the molecule is O=C1CCCN1c1ccc(-c2c(F)cc(N3CC(CO)OC3=O)c(F)c2F)cn1. The number of amides is 2. The number of benzene rings is 1. The second-order valence-corrected chi connectivity index (χ2v) is 6.73. The Labute approximate surface area is 163 Å². The number of nitrogens with zero attached hydrogens (tertiary/aromatic N) is 3. The predicted octanol–water partition coefficient (Wildman–Crippen LogP) is 2.61. The minimum absolute atomic E-state index is 0.0157. The Kier molecular flexibility index (Phi) is 4.87. The van der Waals surface area contributed by atoms with E-state index in [2.05, 4.69) is 4.98 Å². The summed E-state index contributed by atoms with van der Waals surface area (Å²) in [5.74, 6) is -3.73. The minimum atomic E-state index is -1.48. The average Bonchev–Trinajstić information content (AvgIpc) is 3.30. The summed E-state index contributed by atoms with van der Waals surface area (Å²) in [5, 5.41) is 9.06. The second-order valence-electron chi connectivity index (χ2n) is 6.73. The zero-order valence-corrected chi connectivity index (χ0v) is 15.1. The summed E-state index contributed by atoms with van der Waals surface area (Å²) in [4.78, 5) is 29.8. The van der Waals surface area contributed by atoms with E-state index in [1.165, 1.54) is 17.0 Å². The lowest BCUT2D eigenvalue weighted by Crippen LogP contribution is -2.27. The molecule has 4 rings (SSSR count). The van der Waals surface area contributed by atoms with Gasteiger partial charge >= 0.3 is 6.09 Å². The predicted molar refractivity (Wildman–Crippen MR) is 95.8 cm³/mol. The van der Waals surface area contributed by atoms with Gasteiger partial charge in [-0.25, -0.2) is 22.9 Å². The molecular formula is C19H16F3N3O4. The van der Waals surface area contributed by atoms with Crippen molar-refractivity contribution in [1.82, 2.24) is 4.98 Å². The first-order valence-corrected chi connectivity index (χ1v) is 8.94. The lowest BCUT2D eigenvalue weighted by molar-refractivity contribution is -0.117. The van der Waals surface area contributed by atoms with E-state index >= 15 is 0 Å². The number of pyridine rings is 1. The molecule has 1 atom stereocenters. The van der Waals surface area contributed by atoms with Gasteiger partial charge in [-0.15, -0.1) is 0 Å². The van der Waals surface area contributed by atoms with Gasteiger partial charge in [-0.05, 0) is 18.6 Å². The molecule has 10 heteroatoms. The molecular weight excluding hydrogens is 391 g/mol. The normalized spacial score (nSPS) is 19.2. The first-order valence-electron chi connectivity index (χ1n) is 8.94. The van der Waals surface area contributed by atoms with Crippen molar-refractivity contribution in [2.75, 3.05) is 29.5 Å². The van der Waals surface area contributed by atoms with Gasteiger partial charge in [0.05, 0.1) is 24.4 Å². The number of aromatic nitrogens is 1. The van der Waals surface area contributed by atoms with Gasteiger partial charge in [-0.2, -0.15) is 0 Å². The van der Waals surface area contributed by atoms with Gasteiger partial charge in [0.2, 0.25) is 5.91 Å². The molecule has 2 fully saturated rings. The third-order valence-electron chi connectivity index (χ3n) is 4.89. The molecule has 0 spiro atoms. The molecule has 1 N–H and O–H groups in total. The quantitative estimate of drug-likeness (QED) is 0.788. The molecule has 0 bridgehead atoms. The van der Waals surface area contributed by atoms with E-state index in [4.69, 9.17) is 9.84 Å². The second kappa shape index (κ2) is 7.36. The van der Waals surface area contributed by atoms with Crippen LogP contribution in [-0.2, 0) is 9.53 Å². The highest BCUT2D eigenvalue weighted by atomic mass is 19.2. The van der Waals surface area contributed by atoms with E-state index in [9.17, 15) is 22.8 Å². The molecule has 2 saturated heterocycles. The van der Waals surface area contributed by atoms with Crippen molar-refractivity contribution in [2.45, 2.75) is 18.9 Å². The van der Waals surface area contributed by atoms with E-state index in [1.807, 2.05) is 0 Å². The summed E-state index contributed by atoms with van der Waals surface area (Å²) in [7, 11) is 0. The van der Waals surface area contributed by atoms with E-state index in [-0.39, 0.29) is 18.0 Å². The number of ether oxygens (including phenoxy) is 1. The molecule has 1 unspecified atom stereocenters. The van der Waals surface area contributed by atoms with Crippen molar-refractivity contribution in [1.29, 1.82) is 0 Å². The van der Waals surface area contributed by atoms with Crippen molar-refractivity contribution in [3.8, 4) is 11.1 Å². The zero-order chi connectivity index (χ0) is 20.7. The molecule has 2 aromatic rings. The van der Waals surface area contributed by atoms with Crippen LogP contribution in [0, 0.1) is 17.5 Å². The van der Waals surface area contributed by atoms with Gasteiger partial charge in [-0.3, -0.25) is 14.6 Å². The van der Waals surface area contributed by atoms with E-state index < -0.39 is 47.5 Å². The van der Waals surface area contributed by atoms with Crippen LogP contribution in [0.5, 0.6) is 0 Å². The smallest absolute Gasteiger partial charge is 0.414 e. The monoisotopic (exact) mass is 407 g/mol. The zero-order valence-electron chi connectivity index (χ0n) is 15.1.